The highest BCUT2D eigenvalue weighted by Gasteiger charge is 2.52. The van der Waals surface area contributed by atoms with Crippen LogP contribution in [0.5, 0.6) is 5.75 Å². The monoisotopic (exact) mass is 532 g/mol. The topological polar surface area (TPSA) is 143 Å². The number of phenolic OH excluding ortho intramolecular Hbond substituents is 1. The summed E-state index contributed by atoms with van der Waals surface area (Å²) < 4.78 is 0. The molecule has 0 fully saturated rings. The van der Waals surface area contributed by atoms with E-state index in [0.29, 0.717) is 18.4 Å². The number of rotatable bonds is 5. The SMILES string of the molecule is C/C=C1/C(C(N)=O)=C(O)C(N(C)C)C2CC3Cc4c(-c5ccc(CN(C)C)[nH]5)ccc(O)c4C(=O)C3=C(O)C12. The van der Waals surface area contributed by atoms with Crippen LogP contribution in [0.2, 0.25) is 0 Å². The average Bonchev–Trinajstić information content (AvgIpc) is 3.29. The molecule has 0 radical (unpaired) electrons. The Balaban J connectivity index is 1.66. The minimum atomic E-state index is -0.784. The maximum absolute atomic E-state index is 14.0. The number of primary amides is 1. The number of aliphatic hydroxyl groups is 2. The smallest absolute Gasteiger partial charge is 0.252 e. The number of H-pyrrole nitrogens is 1. The molecule has 4 atom stereocenters. The maximum atomic E-state index is 14.0. The largest absolute Gasteiger partial charge is 0.511 e. The van der Waals surface area contributed by atoms with Crippen molar-refractivity contribution in [1.82, 2.24) is 14.8 Å². The van der Waals surface area contributed by atoms with E-state index in [1.54, 1.807) is 13.0 Å². The van der Waals surface area contributed by atoms with E-state index in [0.717, 1.165) is 29.1 Å². The molecule has 206 valence electrons. The zero-order valence-electron chi connectivity index (χ0n) is 22.9. The number of nitrogens with one attached hydrogen (secondary N) is 1. The number of aliphatic hydroxyl groups excluding tert-OH is 2. The number of benzene rings is 1. The second kappa shape index (κ2) is 9.73. The van der Waals surface area contributed by atoms with Gasteiger partial charge in [0.05, 0.1) is 17.2 Å². The standard InChI is InChI=1S/C30H36N4O5/c1-6-16-23-19(26(34(4)5)29(38)25(16)30(31)39)12-14-11-18-17(20-9-7-15(32-20)13-33(2)3)8-10-21(35)24(18)28(37)22(14)27(23)36/h6-10,14,19,23,26,32,35-36,38H,11-13H2,1-5H3,(H2,31,39)/b16-6+. The molecule has 0 saturated carbocycles. The molecule has 39 heavy (non-hydrogen) atoms. The first-order valence-corrected chi connectivity index (χ1v) is 13.2. The number of amides is 1. The van der Waals surface area contributed by atoms with Crippen LogP contribution in [0.3, 0.4) is 0 Å². The van der Waals surface area contributed by atoms with E-state index in [4.69, 9.17) is 5.73 Å². The molecular weight excluding hydrogens is 496 g/mol. The van der Waals surface area contributed by atoms with Gasteiger partial charge in [-0.15, -0.1) is 0 Å². The number of carbonyl (C=O) groups is 2. The number of aromatic nitrogens is 1. The van der Waals surface area contributed by atoms with E-state index >= 15 is 0 Å². The predicted molar refractivity (Wildman–Crippen MR) is 148 cm³/mol. The Hall–Kier alpha value is -3.82. The van der Waals surface area contributed by atoms with Crippen LogP contribution in [-0.4, -0.2) is 76.0 Å². The molecular formula is C30H36N4O5. The van der Waals surface area contributed by atoms with Gasteiger partial charge in [-0.1, -0.05) is 6.08 Å². The lowest BCUT2D eigenvalue weighted by Gasteiger charge is -2.48. The molecule has 9 heteroatoms. The number of Topliss-reactive ketones (excluding diaryl/α,β-unsaturated/α-hetero) is 1. The van der Waals surface area contributed by atoms with Gasteiger partial charge in [0.15, 0.2) is 5.78 Å². The second-order valence-electron chi connectivity index (χ2n) is 11.3. The van der Waals surface area contributed by atoms with Crippen molar-refractivity contribution in [2.24, 2.45) is 23.5 Å². The van der Waals surface area contributed by atoms with E-state index in [9.17, 15) is 24.9 Å². The van der Waals surface area contributed by atoms with Crippen molar-refractivity contribution in [3.05, 3.63) is 75.4 Å². The highest BCUT2D eigenvalue weighted by Crippen LogP contribution is 2.53. The molecule has 0 aliphatic heterocycles. The molecule has 5 rings (SSSR count). The number of allylic oxidation sites excluding steroid dienone is 3. The zero-order chi connectivity index (χ0) is 28.3. The van der Waals surface area contributed by atoms with Crippen LogP contribution in [0.1, 0.15) is 35.0 Å². The van der Waals surface area contributed by atoms with E-state index in [-0.39, 0.29) is 45.8 Å². The number of likely N-dealkylation sites (N-methyl/N-ethyl adjacent to an activating group) is 1. The molecule has 0 saturated heterocycles. The summed E-state index contributed by atoms with van der Waals surface area (Å²) in [6, 6.07) is 6.76. The van der Waals surface area contributed by atoms with Crippen LogP contribution in [-0.2, 0) is 17.8 Å². The van der Waals surface area contributed by atoms with Crippen molar-refractivity contribution in [2.75, 3.05) is 28.2 Å². The van der Waals surface area contributed by atoms with Crippen LogP contribution in [0, 0.1) is 17.8 Å². The molecule has 9 nitrogen and oxygen atoms in total. The molecule has 1 aromatic carbocycles. The van der Waals surface area contributed by atoms with Crippen molar-refractivity contribution in [3.63, 3.8) is 0 Å². The fourth-order valence-electron chi connectivity index (χ4n) is 6.98. The van der Waals surface area contributed by atoms with Gasteiger partial charge in [-0.2, -0.15) is 0 Å². The minimum absolute atomic E-state index is 0.0166. The summed E-state index contributed by atoms with van der Waals surface area (Å²) in [5, 5.41) is 33.7. The summed E-state index contributed by atoms with van der Waals surface area (Å²) in [7, 11) is 7.59. The third-order valence-electron chi connectivity index (χ3n) is 8.38. The summed E-state index contributed by atoms with van der Waals surface area (Å²) in [6.45, 7) is 2.45. The quantitative estimate of drug-likeness (QED) is 0.397. The van der Waals surface area contributed by atoms with Crippen LogP contribution >= 0.6 is 0 Å². The Labute approximate surface area is 227 Å². The minimum Gasteiger partial charge on any atom is -0.511 e. The molecule has 1 amide bonds. The molecule has 0 spiro atoms. The number of nitrogens with two attached hydrogens (primary N) is 1. The number of hydrogen-bond acceptors (Lipinski definition) is 7. The number of carbonyl (C=O) groups excluding carboxylic acids is 2. The van der Waals surface area contributed by atoms with E-state index in [1.165, 1.54) is 6.07 Å². The molecule has 4 unspecified atom stereocenters. The lowest BCUT2D eigenvalue weighted by atomic mass is 9.59. The van der Waals surface area contributed by atoms with Gasteiger partial charge in [0, 0.05) is 35.0 Å². The summed E-state index contributed by atoms with van der Waals surface area (Å²) in [4.78, 5) is 33.7. The summed E-state index contributed by atoms with van der Waals surface area (Å²) >= 11 is 0. The first-order valence-electron chi connectivity index (χ1n) is 13.2. The van der Waals surface area contributed by atoms with Crippen LogP contribution in [0.4, 0.5) is 0 Å². The van der Waals surface area contributed by atoms with Crippen molar-refractivity contribution >= 4 is 11.7 Å². The molecule has 1 heterocycles. The number of fused-ring (bicyclic) bond motifs is 3. The van der Waals surface area contributed by atoms with Gasteiger partial charge < -0.3 is 30.9 Å². The van der Waals surface area contributed by atoms with Gasteiger partial charge in [0.2, 0.25) is 0 Å². The van der Waals surface area contributed by atoms with Gasteiger partial charge in [0.25, 0.3) is 5.91 Å². The Kier molecular flexibility index (Phi) is 6.68. The normalized spacial score (nSPS) is 25.8. The predicted octanol–water partition coefficient (Wildman–Crippen LogP) is 3.44. The lowest BCUT2D eigenvalue weighted by molar-refractivity contribution is -0.114. The van der Waals surface area contributed by atoms with Crippen LogP contribution in [0.15, 0.2) is 58.6 Å². The van der Waals surface area contributed by atoms with E-state index in [2.05, 4.69) is 9.88 Å². The third-order valence-corrected chi connectivity index (χ3v) is 8.38. The molecule has 1 aromatic heterocycles. The number of phenols is 1. The first-order chi connectivity index (χ1) is 18.5. The molecule has 2 aromatic rings. The maximum Gasteiger partial charge on any atom is 0.252 e. The number of aromatic hydroxyl groups is 1. The number of hydrogen-bond donors (Lipinski definition) is 5. The van der Waals surface area contributed by atoms with Gasteiger partial charge in [0.1, 0.15) is 17.3 Å². The summed E-state index contributed by atoms with van der Waals surface area (Å²) in [6.07, 6.45) is 2.61. The third kappa shape index (κ3) is 4.17. The van der Waals surface area contributed by atoms with Gasteiger partial charge in [-0.3, -0.25) is 14.5 Å². The van der Waals surface area contributed by atoms with Crippen LogP contribution in [0.25, 0.3) is 11.3 Å². The van der Waals surface area contributed by atoms with Crippen LogP contribution < -0.4 is 5.73 Å². The van der Waals surface area contributed by atoms with E-state index < -0.39 is 23.7 Å². The highest BCUT2D eigenvalue weighted by molar-refractivity contribution is 6.14. The Morgan fingerprint density at radius 1 is 1.10 bits per heavy atom. The Bertz CT molecular complexity index is 1460. The van der Waals surface area contributed by atoms with Gasteiger partial charge in [-0.25, -0.2) is 0 Å². The van der Waals surface area contributed by atoms with Crippen molar-refractivity contribution in [1.29, 1.82) is 0 Å². The average molecular weight is 533 g/mol. The fourth-order valence-corrected chi connectivity index (χ4v) is 6.98. The Morgan fingerprint density at radius 3 is 2.44 bits per heavy atom. The molecule has 3 aliphatic rings. The van der Waals surface area contributed by atoms with E-state index in [1.807, 2.05) is 51.3 Å². The van der Waals surface area contributed by atoms with Gasteiger partial charge >= 0.3 is 0 Å². The number of ketones is 1. The molecule has 6 N–H and O–H groups in total. The number of nitrogens with zero attached hydrogens (tertiary/aromatic N) is 2. The Morgan fingerprint density at radius 2 is 1.82 bits per heavy atom. The zero-order valence-corrected chi connectivity index (χ0v) is 22.9. The molecule has 0 bridgehead atoms. The van der Waals surface area contributed by atoms with Crippen molar-refractivity contribution in [2.45, 2.75) is 32.4 Å². The fraction of sp³-hybridized carbons (Fsp3) is 0.400. The second-order valence-corrected chi connectivity index (χ2v) is 11.3. The highest BCUT2D eigenvalue weighted by atomic mass is 16.3. The number of aromatic amines is 1. The van der Waals surface area contributed by atoms with Gasteiger partial charge in [-0.05, 0) is 95.2 Å². The lowest BCUT2D eigenvalue weighted by Crippen LogP contribution is -2.50. The summed E-state index contributed by atoms with van der Waals surface area (Å²) in [5.74, 6) is -2.85. The van der Waals surface area contributed by atoms with Crippen molar-refractivity contribution < 1.29 is 24.9 Å². The van der Waals surface area contributed by atoms with Crippen molar-refractivity contribution in [3.8, 4) is 17.0 Å². The summed E-state index contributed by atoms with van der Waals surface area (Å²) in [5.41, 5.74) is 9.99. The first kappa shape index (κ1) is 26.8. The molecule has 3 aliphatic carbocycles.